The smallest absolute Gasteiger partial charge is 0.337 e. The summed E-state index contributed by atoms with van der Waals surface area (Å²) in [4.78, 5) is 13.3. The first-order valence-corrected chi connectivity index (χ1v) is 6.35. The molecular formula is C14H19NO3. The zero-order valence-electron chi connectivity index (χ0n) is 10.6. The number of hydrogen-bond donors (Lipinski definition) is 2. The summed E-state index contributed by atoms with van der Waals surface area (Å²) >= 11 is 0. The maximum absolute atomic E-state index is 11.3. The monoisotopic (exact) mass is 249 g/mol. The molecule has 2 rings (SSSR count). The van der Waals surface area contributed by atoms with Crippen molar-refractivity contribution in [3.8, 4) is 0 Å². The minimum Gasteiger partial charge on any atom is -0.478 e. The van der Waals surface area contributed by atoms with Crippen LogP contribution in [0.1, 0.15) is 35.2 Å². The molecule has 2 N–H and O–H groups in total. The number of aliphatic hydroxyl groups excluding tert-OH is 1. The molecule has 0 unspecified atom stereocenters. The van der Waals surface area contributed by atoms with Crippen molar-refractivity contribution in [1.82, 2.24) is 0 Å². The van der Waals surface area contributed by atoms with Crippen molar-refractivity contribution in [2.45, 2.75) is 32.2 Å². The topological polar surface area (TPSA) is 60.8 Å². The van der Waals surface area contributed by atoms with Gasteiger partial charge in [0, 0.05) is 12.6 Å². The second kappa shape index (κ2) is 5.40. The molecule has 0 atom stereocenters. The summed E-state index contributed by atoms with van der Waals surface area (Å²) in [6, 6.07) is 5.73. The van der Waals surface area contributed by atoms with Gasteiger partial charge in [0.05, 0.1) is 17.9 Å². The first-order chi connectivity index (χ1) is 8.63. The van der Waals surface area contributed by atoms with Crippen LogP contribution >= 0.6 is 0 Å². The molecule has 0 radical (unpaired) electrons. The van der Waals surface area contributed by atoms with Crippen molar-refractivity contribution in [2.75, 3.05) is 18.1 Å². The number of aryl methyl sites for hydroxylation is 1. The van der Waals surface area contributed by atoms with Crippen LogP contribution in [0, 0.1) is 6.92 Å². The standard InChI is InChI=1S/C14H19NO3/c1-10-5-6-12(14(17)18)13(9-10)15(7-8-16)11-3-2-4-11/h5-6,9,11,16H,2-4,7-8H2,1H3,(H,17,18). The average molecular weight is 249 g/mol. The minimum atomic E-state index is -0.910. The summed E-state index contributed by atoms with van der Waals surface area (Å²) in [5.74, 6) is -0.910. The molecule has 4 heteroatoms. The number of aromatic carboxylic acids is 1. The number of hydrogen-bond acceptors (Lipinski definition) is 3. The number of benzene rings is 1. The third-order valence-electron chi connectivity index (χ3n) is 3.55. The van der Waals surface area contributed by atoms with Crippen LogP contribution < -0.4 is 4.90 Å². The molecule has 0 heterocycles. The molecule has 1 aromatic carbocycles. The van der Waals surface area contributed by atoms with Crippen molar-refractivity contribution in [3.63, 3.8) is 0 Å². The highest BCUT2D eigenvalue weighted by atomic mass is 16.4. The Morgan fingerprint density at radius 3 is 2.67 bits per heavy atom. The van der Waals surface area contributed by atoms with Gasteiger partial charge in [0.15, 0.2) is 0 Å². The minimum absolute atomic E-state index is 0.0451. The van der Waals surface area contributed by atoms with E-state index in [4.69, 9.17) is 0 Å². The van der Waals surface area contributed by atoms with Gasteiger partial charge in [0.1, 0.15) is 0 Å². The Morgan fingerprint density at radius 2 is 2.17 bits per heavy atom. The number of carboxylic acids is 1. The summed E-state index contributed by atoms with van der Waals surface area (Å²) in [7, 11) is 0. The fraction of sp³-hybridized carbons (Fsp3) is 0.500. The number of carboxylic acid groups (broad SMARTS) is 1. The van der Waals surface area contributed by atoms with Crippen molar-refractivity contribution in [2.24, 2.45) is 0 Å². The summed E-state index contributed by atoms with van der Waals surface area (Å²) < 4.78 is 0. The summed E-state index contributed by atoms with van der Waals surface area (Å²) in [6.07, 6.45) is 3.33. The van der Waals surface area contributed by atoms with Crippen molar-refractivity contribution in [3.05, 3.63) is 29.3 Å². The number of rotatable bonds is 5. The molecule has 0 bridgehead atoms. The quantitative estimate of drug-likeness (QED) is 0.838. The molecule has 1 saturated carbocycles. The fourth-order valence-electron chi connectivity index (χ4n) is 2.37. The van der Waals surface area contributed by atoms with Crippen LogP contribution in [0.3, 0.4) is 0 Å². The fourth-order valence-corrected chi connectivity index (χ4v) is 2.37. The highest BCUT2D eigenvalue weighted by Gasteiger charge is 2.27. The molecule has 0 aliphatic heterocycles. The van der Waals surface area contributed by atoms with Gasteiger partial charge in [-0.1, -0.05) is 6.07 Å². The van der Waals surface area contributed by atoms with Crippen LogP contribution in [0.2, 0.25) is 0 Å². The van der Waals surface area contributed by atoms with Crippen LogP contribution in [0.25, 0.3) is 0 Å². The molecule has 0 spiro atoms. The SMILES string of the molecule is Cc1ccc(C(=O)O)c(N(CCO)C2CCC2)c1. The normalized spacial score (nSPS) is 15.2. The predicted molar refractivity (Wildman–Crippen MR) is 70.2 cm³/mol. The Hall–Kier alpha value is -1.55. The molecule has 1 aromatic rings. The van der Waals surface area contributed by atoms with E-state index in [1.54, 1.807) is 6.07 Å². The lowest BCUT2D eigenvalue weighted by Gasteiger charge is -2.39. The van der Waals surface area contributed by atoms with Crippen LogP contribution in [-0.2, 0) is 0 Å². The van der Waals surface area contributed by atoms with Crippen LogP contribution in [-0.4, -0.2) is 35.4 Å². The average Bonchev–Trinajstić information content (AvgIpc) is 2.25. The first-order valence-electron chi connectivity index (χ1n) is 6.35. The van der Waals surface area contributed by atoms with Crippen LogP contribution in [0.5, 0.6) is 0 Å². The van der Waals surface area contributed by atoms with Gasteiger partial charge in [-0.05, 0) is 43.9 Å². The summed E-state index contributed by atoms with van der Waals surface area (Å²) in [5, 5.41) is 18.4. The predicted octanol–water partition coefficient (Wildman–Crippen LogP) is 2.04. The maximum Gasteiger partial charge on any atom is 0.337 e. The molecular weight excluding hydrogens is 230 g/mol. The van der Waals surface area contributed by atoms with E-state index in [1.807, 2.05) is 24.0 Å². The van der Waals surface area contributed by atoms with E-state index in [1.165, 1.54) is 6.42 Å². The lowest BCUT2D eigenvalue weighted by molar-refractivity contribution is 0.0697. The number of aliphatic hydroxyl groups is 1. The van der Waals surface area contributed by atoms with Gasteiger partial charge >= 0.3 is 5.97 Å². The molecule has 1 aliphatic carbocycles. The van der Waals surface area contributed by atoms with Gasteiger partial charge in [-0.2, -0.15) is 0 Å². The Bertz CT molecular complexity index is 441. The number of nitrogens with zero attached hydrogens (tertiary/aromatic N) is 1. The molecule has 0 saturated heterocycles. The van der Waals surface area contributed by atoms with Crippen molar-refractivity contribution in [1.29, 1.82) is 0 Å². The van der Waals surface area contributed by atoms with Gasteiger partial charge < -0.3 is 15.1 Å². The third kappa shape index (κ3) is 2.48. The van der Waals surface area contributed by atoms with Crippen molar-refractivity contribution < 1.29 is 15.0 Å². The number of carbonyl (C=O) groups is 1. The van der Waals surface area contributed by atoms with E-state index in [2.05, 4.69) is 0 Å². The highest BCUT2D eigenvalue weighted by molar-refractivity contribution is 5.94. The van der Waals surface area contributed by atoms with Gasteiger partial charge in [0.2, 0.25) is 0 Å². The molecule has 0 amide bonds. The second-order valence-electron chi connectivity index (χ2n) is 4.83. The van der Waals surface area contributed by atoms with E-state index in [0.29, 0.717) is 18.2 Å². The molecule has 1 fully saturated rings. The van der Waals surface area contributed by atoms with Crippen LogP contribution in [0.4, 0.5) is 5.69 Å². The molecule has 1 aliphatic rings. The summed E-state index contributed by atoms with van der Waals surface area (Å²) in [5.41, 5.74) is 2.10. The molecule has 4 nitrogen and oxygen atoms in total. The van der Waals surface area contributed by atoms with Crippen molar-refractivity contribution >= 4 is 11.7 Å². The van der Waals surface area contributed by atoms with Gasteiger partial charge in [0.25, 0.3) is 0 Å². The Balaban J connectivity index is 2.37. The number of anilines is 1. The highest BCUT2D eigenvalue weighted by Crippen LogP contribution is 2.32. The van der Waals surface area contributed by atoms with E-state index in [-0.39, 0.29) is 6.61 Å². The lowest BCUT2D eigenvalue weighted by atomic mass is 9.90. The zero-order valence-corrected chi connectivity index (χ0v) is 10.6. The Kier molecular flexibility index (Phi) is 3.87. The molecule has 98 valence electrons. The van der Waals surface area contributed by atoms with E-state index < -0.39 is 5.97 Å². The summed E-state index contributed by atoms with van der Waals surface area (Å²) in [6.45, 7) is 2.49. The van der Waals surface area contributed by atoms with Gasteiger partial charge in [-0.15, -0.1) is 0 Å². The largest absolute Gasteiger partial charge is 0.478 e. The van der Waals surface area contributed by atoms with E-state index in [9.17, 15) is 15.0 Å². The van der Waals surface area contributed by atoms with Gasteiger partial charge in [-0.3, -0.25) is 0 Å². The van der Waals surface area contributed by atoms with Crippen LogP contribution in [0.15, 0.2) is 18.2 Å². The Labute approximate surface area is 107 Å². The maximum atomic E-state index is 11.3. The first kappa shape index (κ1) is 12.9. The van der Waals surface area contributed by atoms with Gasteiger partial charge in [-0.25, -0.2) is 4.79 Å². The zero-order chi connectivity index (χ0) is 13.1. The third-order valence-corrected chi connectivity index (χ3v) is 3.55. The second-order valence-corrected chi connectivity index (χ2v) is 4.83. The molecule has 0 aromatic heterocycles. The lowest BCUT2D eigenvalue weighted by Crippen LogP contribution is -2.42. The molecule has 18 heavy (non-hydrogen) atoms. The van der Waals surface area contributed by atoms with E-state index in [0.717, 1.165) is 24.1 Å². The van der Waals surface area contributed by atoms with E-state index >= 15 is 0 Å². The Morgan fingerprint density at radius 1 is 1.44 bits per heavy atom.